The Kier molecular flexibility index (Phi) is 2.81. The molecule has 1 aliphatic heterocycles. The molecule has 3 rings (SSSR count). The predicted octanol–water partition coefficient (Wildman–Crippen LogP) is 0.301. The van der Waals surface area contributed by atoms with E-state index in [0.717, 1.165) is 6.42 Å². The normalized spacial score (nSPS) is 22.4. The number of anilines is 2. The highest BCUT2D eigenvalue weighted by molar-refractivity contribution is 7.91. The van der Waals surface area contributed by atoms with Gasteiger partial charge in [0.2, 0.25) is 0 Å². The smallest absolute Gasteiger partial charge is 0.180 e. The highest BCUT2D eigenvalue weighted by Gasteiger charge is 2.25. The molecule has 0 saturated carbocycles. The Morgan fingerprint density at radius 1 is 1.47 bits per heavy atom. The second-order valence-electron chi connectivity index (χ2n) is 4.77. The van der Waals surface area contributed by atoms with E-state index >= 15 is 0 Å². The number of rotatable bonds is 2. The van der Waals surface area contributed by atoms with Crippen molar-refractivity contribution in [1.29, 1.82) is 0 Å². The average molecular weight is 281 g/mol. The minimum absolute atomic E-state index is 0.131. The topological polar surface area (TPSA) is 102 Å². The van der Waals surface area contributed by atoms with Crippen molar-refractivity contribution >= 4 is 27.1 Å². The lowest BCUT2D eigenvalue weighted by molar-refractivity contribution is 0.561. The Labute approximate surface area is 110 Å². The minimum Gasteiger partial charge on any atom is -0.382 e. The van der Waals surface area contributed by atoms with E-state index in [0.29, 0.717) is 23.7 Å². The second kappa shape index (κ2) is 4.37. The third kappa shape index (κ3) is 2.48. The first-order valence-corrected chi connectivity index (χ1v) is 7.92. The Morgan fingerprint density at radius 3 is 3.11 bits per heavy atom. The maximum atomic E-state index is 11.6. The number of fused-ring (bicyclic) bond motifs is 1. The van der Waals surface area contributed by atoms with E-state index in [1.165, 1.54) is 0 Å². The summed E-state index contributed by atoms with van der Waals surface area (Å²) < 4.78 is 25.0. The van der Waals surface area contributed by atoms with Crippen molar-refractivity contribution in [1.82, 2.24) is 14.4 Å². The number of hydrogen-bond acceptors (Lipinski definition) is 6. The molecule has 1 aliphatic rings. The van der Waals surface area contributed by atoms with Gasteiger partial charge < -0.3 is 15.5 Å². The molecular formula is C11H15N5O2S. The van der Waals surface area contributed by atoms with E-state index in [1.807, 2.05) is 0 Å². The summed E-state index contributed by atoms with van der Waals surface area (Å²) in [7, 11) is -2.95. The second-order valence-corrected chi connectivity index (χ2v) is 7.00. The first-order chi connectivity index (χ1) is 9.03. The molecule has 0 aromatic carbocycles. The van der Waals surface area contributed by atoms with Gasteiger partial charge in [0.15, 0.2) is 21.3 Å². The summed E-state index contributed by atoms with van der Waals surface area (Å²) >= 11 is 0. The zero-order valence-electron chi connectivity index (χ0n) is 10.3. The summed E-state index contributed by atoms with van der Waals surface area (Å²) in [6, 6.07) is -0.131. The van der Waals surface area contributed by atoms with E-state index in [4.69, 9.17) is 5.73 Å². The van der Waals surface area contributed by atoms with E-state index in [2.05, 4.69) is 15.3 Å². The van der Waals surface area contributed by atoms with E-state index < -0.39 is 9.84 Å². The highest BCUT2D eigenvalue weighted by Crippen LogP contribution is 2.20. The summed E-state index contributed by atoms with van der Waals surface area (Å²) in [5.74, 6) is 1.31. The number of hydrogen-bond donors (Lipinski definition) is 2. The van der Waals surface area contributed by atoms with Crippen LogP contribution in [0, 0.1) is 0 Å². The standard InChI is InChI=1S/C11H15N5O2S/c12-9-6-16-4-3-13-11(16)10(15-9)14-8-2-1-5-19(17,18)7-8/h3-4,6,8H,1-2,5,7,12H2,(H,14,15). The quantitative estimate of drug-likeness (QED) is 0.821. The number of nitrogens with one attached hydrogen (secondary N) is 1. The van der Waals surface area contributed by atoms with Gasteiger partial charge in [0, 0.05) is 18.4 Å². The van der Waals surface area contributed by atoms with Crippen LogP contribution in [0.15, 0.2) is 18.6 Å². The lowest BCUT2D eigenvalue weighted by atomic mass is 10.2. The molecule has 19 heavy (non-hydrogen) atoms. The molecule has 0 spiro atoms. The van der Waals surface area contributed by atoms with Crippen LogP contribution in [0.25, 0.3) is 5.65 Å². The van der Waals surface area contributed by atoms with E-state index in [9.17, 15) is 8.42 Å². The number of imidazole rings is 1. The minimum atomic E-state index is -2.95. The molecule has 1 unspecified atom stereocenters. The van der Waals surface area contributed by atoms with Crippen molar-refractivity contribution in [2.45, 2.75) is 18.9 Å². The van der Waals surface area contributed by atoms with Crippen LogP contribution in [0.2, 0.25) is 0 Å². The molecule has 2 aromatic heterocycles. The van der Waals surface area contributed by atoms with Gasteiger partial charge >= 0.3 is 0 Å². The molecule has 1 saturated heterocycles. The van der Waals surface area contributed by atoms with Crippen molar-refractivity contribution in [3.05, 3.63) is 18.6 Å². The SMILES string of the molecule is Nc1cn2ccnc2c(NC2CCCS(=O)(=O)C2)n1. The van der Waals surface area contributed by atoms with Gasteiger partial charge in [0.25, 0.3) is 0 Å². The zero-order valence-corrected chi connectivity index (χ0v) is 11.1. The maximum absolute atomic E-state index is 11.6. The van der Waals surface area contributed by atoms with Crippen molar-refractivity contribution in [3.8, 4) is 0 Å². The molecule has 2 aromatic rings. The summed E-state index contributed by atoms with van der Waals surface area (Å²) in [6.07, 6.45) is 6.58. The van der Waals surface area contributed by atoms with E-state index in [-0.39, 0.29) is 17.5 Å². The van der Waals surface area contributed by atoms with Crippen LogP contribution in [-0.2, 0) is 9.84 Å². The lowest BCUT2D eigenvalue weighted by Crippen LogP contribution is -2.35. The van der Waals surface area contributed by atoms with Gasteiger partial charge in [-0.1, -0.05) is 0 Å². The van der Waals surface area contributed by atoms with Gasteiger partial charge in [-0.3, -0.25) is 0 Å². The van der Waals surface area contributed by atoms with Gasteiger partial charge in [0.05, 0.1) is 17.7 Å². The van der Waals surface area contributed by atoms with Crippen molar-refractivity contribution in [2.24, 2.45) is 0 Å². The van der Waals surface area contributed by atoms with Crippen LogP contribution >= 0.6 is 0 Å². The summed E-state index contributed by atoms with van der Waals surface area (Å²) in [5, 5.41) is 3.15. The van der Waals surface area contributed by atoms with Crippen molar-refractivity contribution in [3.63, 3.8) is 0 Å². The van der Waals surface area contributed by atoms with Gasteiger partial charge in [-0.05, 0) is 12.8 Å². The molecule has 1 atom stereocenters. The number of aromatic nitrogens is 3. The molecule has 7 nitrogen and oxygen atoms in total. The predicted molar refractivity (Wildman–Crippen MR) is 72.7 cm³/mol. The molecular weight excluding hydrogens is 266 g/mol. The number of nitrogen functional groups attached to an aromatic ring is 1. The zero-order chi connectivity index (χ0) is 13.5. The first-order valence-electron chi connectivity index (χ1n) is 6.10. The van der Waals surface area contributed by atoms with Crippen LogP contribution in [0.3, 0.4) is 0 Å². The van der Waals surface area contributed by atoms with Crippen LogP contribution in [0.4, 0.5) is 11.6 Å². The first kappa shape index (κ1) is 12.2. The molecule has 8 heteroatoms. The van der Waals surface area contributed by atoms with Crippen LogP contribution in [-0.4, -0.2) is 40.3 Å². The maximum Gasteiger partial charge on any atom is 0.180 e. The fourth-order valence-electron chi connectivity index (χ4n) is 2.38. The molecule has 0 bridgehead atoms. The number of nitrogens with zero attached hydrogens (tertiary/aromatic N) is 3. The fraction of sp³-hybridized carbons (Fsp3) is 0.455. The van der Waals surface area contributed by atoms with E-state index in [1.54, 1.807) is 23.0 Å². The number of nitrogens with two attached hydrogens (primary N) is 1. The van der Waals surface area contributed by atoms with Gasteiger partial charge in [-0.25, -0.2) is 18.4 Å². The average Bonchev–Trinajstić information content (AvgIpc) is 2.75. The number of sulfone groups is 1. The molecule has 102 valence electrons. The summed E-state index contributed by atoms with van der Waals surface area (Å²) in [6.45, 7) is 0. The molecule has 3 heterocycles. The summed E-state index contributed by atoms with van der Waals surface area (Å²) in [5.41, 5.74) is 6.37. The van der Waals surface area contributed by atoms with Crippen LogP contribution in [0.1, 0.15) is 12.8 Å². The largest absolute Gasteiger partial charge is 0.382 e. The van der Waals surface area contributed by atoms with Crippen LogP contribution < -0.4 is 11.1 Å². The van der Waals surface area contributed by atoms with Crippen LogP contribution in [0.5, 0.6) is 0 Å². The summed E-state index contributed by atoms with van der Waals surface area (Å²) in [4.78, 5) is 8.40. The monoisotopic (exact) mass is 281 g/mol. The fourth-order valence-corrected chi connectivity index (χ4v) is 4.01. The Morgan fingerprint density at radius 2 is 2.32 bits per heavy atom. The molecule has 1 fully saturated rings. The van der Waals surface area contributed by atoms with Gasteiger partial charge in [0.1, 0.15) is 5.82 Å². The molecule has 0 amide bonds. The van der Waals surface area contributed by atoms with Crippen molar-refractivity contribution < 1.29 is 8.42 Å². The van der Waals surface area contributed by atoms with Gasteiger partial charge in [-0.15, -0.1) is 0 Å². The van der Waals surface area contributed by atoms with Gasteiger partial charge in [-0.2, -0.15) is 0 Å². The molecule has 3 N–H and O–H groups in total. The Balaban J connectivity index is 1.91. The molecule has 0 radical (unpaired) electrons. The third-order valence-corrected chi connectivity index (χ3v) is 5.02. The molecule has 0 aliphatic carbocycles. The third-order valence-electron chi connectivity index (χ3n) is 3.20. The Bertz CT molecular complexity index is 709. The highest BCUT2D eigenvalue weighted by atomic mass is 32.2. The Hall–Kier alpha value is -1.83. The van der Waals surface area contributed by atoms with Crippen molar-refractivity contribution in [2.75, 3.05) is 22.6 Å². The lowest BCUT2D eigenvalue weighted by Gasteiger charge is -2.23.